The molecule has 4 rings (SSSR count). The summed E-state index contributed by atoms with van der Waals surface area (Å²) in [5.74, 6) is 2.17. The maximum absolute atomic E-state index is 11.2. The summed E-state index contributed by atoms with van der Waals surface area (Å²) in [5.41, 5.74) is 0.612. The van der Waals surface area contributed by atoms with Crippen LogP contribution in [0.4, 0.5) is 0 Å². The Labute approximate surface area is 194 Å². The first-order chi connectivity index (χ1) is 15.3. The second kappa shape index (κ2) is 9.00. The highest BCUT2D eigenvalue weighted by Gasteiger charge is 2.49. The number of aromatic nitrogens is 3. The van der Waals surface area contributed by atoms with E-state index in [1.54, 1.807) is 11.6 Å². The Morgan fingerprint density at radius 3 is 2.81 bits per heavy atom. The summed E-state index contributed by atoms with van der Waals surface area (Å²) in [5, 5.41) is 15.6. The van der Waals surface area contributed by atoms with E-state index in [1.807, 2.05) is 19.1 Å². The van der Waals surface area contributed by atoms with E-state index in [0.717, 1.165) is 35.5 Å². The average Bonchev–Trinajstić information content (AvgIpc) is 3.40. The van der Waals surface area contributed by atoms with Gasteiger partial charge in [0.25, 0.3) is 0 Å². The van der Waals surface area contributed by atoms with Gasteiger partial charge in [0.1, 0.15) is 17.3 Å². The molecule has 3 unspecified atom stereocenters. The normalized spacial score (nSPS) is 22.8. The number of ether oxygens (including phenoxy) is 2. The van der Waals surface area contributed by atoms with E-state index in [9.17, 15) is 5.11 Å². The Hall–Kier alpha value is -2.16. The molecule has 32 heavy (non-hydrogen) atoms. The molecule has 3 aromatic rings. The van der Waals surface area contributed by atoms with Gasteiger partial charge < -0.3 is 14.6 Å². The minimum atomic E-state index is -0.444. The lowest BCUT2D eigenvalue weighted by atomic mass is 9.94. The Morgan fingerprint density at radius 1 is 1.38 bits per heavy atom. The summed E-state index contributed by atoms with van der Waals surface area (Å²) >= 11 is 1.49. The minimum Gasteiger partial charge on any atom is -0.497 e. The second-order valence-electron chi connectivity index (χ2n) is 9.21. The van der Waals surface area contributed by atoms with Crippen LogP contribution in [0.15, 0.2) is 24.3 Å². The van der Waals surface area contributed by atoms with Crippen molar-refractivity contribution in [1.29, 1.82) is 0 Å². The third kappa shape index (κ3) is 4.11. The molecule has 1 aliphatic heterocycles. The first kappa shape index (κ1) is 23.0. The smallest absolute Gasteiger partial charge is 0.230 e. The van der Waals surface area contributed by atoms with Gasteiger partial charge in [-0.25, -0.2) is 4.98 Å². The number of hydrogen-bond acceptors (Lipinski definition) is 7. The predicted molar refractivity (Wildman–Crippen MR) is 126 cm³/mol. The fourth-order valence-corrected chi connectivity index (χ4v) is 5.78. The zero-order chi connectivity index (χ0) is 23.0. The number of benzene rings is 1. The van der Waals surface area contributed by atoms with Crippen LogP contribution in [0, 0.1) is 12.8 Å². The molecular formula is C24H34N4O3S. The van der Waals surface area contributed by atoms with Gasteiger partial charge in [0, 0.05) is 6.04 Å². The highest BCUT2D eigenvalue weighted by Crippen LogP contribution is 2.48. The fraction of sp³-hybridized carbons (Fsp3) is 0.583. The number of rotatable bonds is 8. The molecule has 1 aromatic carbocycles. The molecule has 3 atom stereocenters. The Kier molecular flexibility index (Phi) is 6.47. The molecule has 1 saturated heterocycles. The van der Waals surface area contributed by atoms with Crippen LogP contribution in [0.2, 0.25) is 0 Å². The number of thiazole rings is 1. The number of aromatic hydroxyl groups is 1. The van der Waals surface area contributed by atoms with E-state index in [2.05, 4.69) is 54.8 Å². The highest BCUT2D eigenvalue weighted by molar-refractivity contribution is 7.17. The fourth-order valence-electron chi connectivity index (χ4n) is 4.65. The van der Waals surface area contributed by atoms with Gasteiger partial charge in [-0.2, -0.15) is 4.52 Å². The van der Waals surface area contributed by atoms with Gasteiger partial charge in [0.15, 0.2) is 0 Å². The van der Waals surface area contributed by atoms with Crippen LogP contribution in [-0.2, 0) is 4.74 Å². The van der Waals surface area contributed by atoms with Gasteiger partial charge in [0.2, 0.25) is 10.8 Å². The summed E-state index contributed by atoms with van der Waals surface area (Å²) < 4.78 is 13.6. The topological polar surface area (TPSA) is 72.1 Å². The molecule has 0 bridgehead atoms. The van der Waals surface area contributed by atoms with Gasteiger partial charge >= 0.3 is 0 Å². The molecule has 1 N–H and O–H groups in total. The quantitative estimate of drug-likeness (QED) is 0.502. The summed E-state index contributed by atoms with van der Waals surface area (Å²) in [6.07, 6.45) is 2.94. The Bertz CT molecular complexity index is 1080. The maximum atomic E-state index is 11.2. The van der Waals surface area contributed by atoms with Crippen molar-refractivity contribution in [2.45, 2.75) is 71.7 Å². The van der Waals surface area contributed by atoms with Crippen molar-refractivity contribution in [3.05, 3.63) is 40.5 Å². The van der Waals surface area contributed by atoms with Crippen LogP contribution < -0.4 is 4.74 Å². The van der Waals surface area contributed by atoms with Crippen LogP contribution >= 0.6 is 11.3 Å². The lowest BCUT2D eigenvalue weighted by Gasteiger charge is -2.42. The first-order valence-corrected chi connectivity index (χ1v) is 12.2. The van der Waals surface area contributed by atoms with Crippen molar-refractivity contribution in [2.75, 3.05) is 13.7 Å². The highest BCUT2D eigenvalue weighted by atomic mass is 32.1. The van der Waals surface area contributed by atoms with Crippen molar-refractivity contribution < 1.29 is 14.6 Å². The molecule has 0 saturated carbocycles. The van der Waals surface area contributed by atoms with Crippen molar-refractivity contribution >= 4 is 16.3 Å². The molecule has 1 fully saturated rings. The molecule has 0 amide bonds. The summed E-state index contributed by atoms with van der Waals surface area (Å²) in [6.45, 7) is 11.4. The van der Waals surface area contributed by atoms with Gasteiger partial charge in [0.05, 0.1) is 24.6 Å². The van der Waals surface area contributed by atoms with Crippen LogP contribution in [0.1, 0.15) is 69.3 Å². The van der Waals surface area contributed by atoms with E-state index >= 15 is 0 Å². The van der Waals surface area contributed by atoms with Crippen molar-refractivity contribution in [3.63, 3.8) is 0 Å². The number of hydrogen-bond donors (Lipinski definition) is 1. The molecule has 7 nitrogen and oxygen atoms in total. The van der Waals surface area contributed by atoms with Crippen LogP contribution in [-0.4, -0.2) is 50.1 Å². The van der Waals surface area contributed by atoms with Gasteiger partial charge in [-0.3, -0.25) is 4.90 Å². The lowest BCUT2D eigenvalue weighted by Crippen LogP contribution is -2.48. The molecule has 8 heteroatoms. The standard InChI is InChI=1S/C24H34N4O3S/c1-7-18-14-31-24(5,12-11-15(2)3)27(18)20(17-9-8-10-19(13-17)30-6)21-22(29)28-23(32-21)25-16(4)26-28/h8-10,13,15,18,20,29H,7,11-12,14H2,1-6H3. The monoisotopic (exact) mass is 458 g/mol. The third-order valence-electron chi connectivity index (χ3n) is 6.42. The number of fused-ring (bicyclic) bond motifs is 1. The third-order valence-corrected chi connectivity index (χ3v) is 7.50. The maximum Gasteiger partial charge on any atom is 0.230 e. The molecule has 3 heterocycles. The number of methoxy groups -OCH3 is 1. The van der Waals surface area contributed by atoms with Crippen molar-refractivity contribution in [1.82, 2.24) is 19.5 Å². The first-order valence-electron chi connectivity index (χ1n) is 11.4. The van der Waals surface area contributed by atoms with Crippen molar-refractivity contribution in [3.8, 4) is 11.6 Å². The summed E-state index contributed by atoms with van der Waals surface area (Å²) in [4.78, 5) is 8.48. The zero-order valence-electron chi connectivity index (χ0n) is 19.8. The predicted octanol–water partition coefficient (Wildman–Crippen LogP) is 5.17. The SMILES string of the molecule is CCC1COC(C)(CCC(C)C)N1C(c1cccc(OC)c1)c1sc2nc(C)nn2c1O. The number of aryl methyl sites for hydroxylation is 1. The van der Waals surface area contributed by atoms with Gasteiger partial charge in [-0.1, -0.05) is 44.2 Å². The van der Waals surface area contributed by atoms with Crippen LogP contribution in [0.5, 0.6) is 11.6 Å². The summed E-state index contributed by atoms with van der Waals surface area (Å²) in [6, 6.07) is 8.13. The van der Waals surface area contributed by atoms with E-state index in [1.165, 1.54) is 11.3 Å². The van der Waals surface area contributed by atoms with Crippen molar-refractivity contribution in [2.24, 2.45) is 5.92 Å². The Balaban J connectivity index is 1.88. The van der Waals surface area contributed by atoms with Gasteiger partial charge in [-0.05, 0) is 56.7 Å². The second-order valence-corrected chi connectivity index (χ2v) is 10.2. The van der Waals surface area contributed by atoms with E-state index in [4.69, 9.17) is 9.47 Å². The average molecular weight is 459 g/mol. The van der Waals surface area contributed by atoms with Crippen LogP contribution in [0.3, 0.4) is 0 Å². The molecule has 0 aliphatic carbocycles. The molecule has 0 spiro atoms. The van der Waals surface area contributed by atoms with Crippen LogP contribution in [0.25, 0.3) is 4.96 Å². The molecule has 1 aliphatic rings. The lowest BCUT2D eigenvalue weighted by molar-refractivity contribution is -0.0915. The van der Waals surface area contributed by atoms with Gasteiger partial charge in [-0.15, -0.1) is 5.10 Å². The van der Waals surface area contributed by atoms with E-state index in [-0.39, 0.29) is 18.0 Å². The zero-order valence-corrected chi connectivity index (χ0v) is 20.6. The van der Waals surface area contributed by atoms with E-state index < -0.39 is 5.72 Å². The molecule has 2 aromatic heterocycles. The Morgan fingerprint density at radius 2 is 2.16 bits per heavy atom. The summed E-state index contributed by atoms with van der Waals surface area (Å²) in [7, 11) is 1.68. The number of nitrogens with zero attached hydrogens (tertiary/aromatic N) is 4. The van der Waals surface area contributed by atoms with E-state index in [0.29, 0.717) is 23.3 Å². The molecular weight excluding hydrogens is 424 g/mol. The largest absolute Gasteiger partial charge is 0.497 e. The molecule has 174 valence electrons. The molecule has 0 radical (unpaired) electrons. The minimum absolute atomic E-state index is 0.145.